The minimum atomic E-state index is -3.39. The smallest absolute Gasteiger partial charge is 0.218 e. The molecule has 1 aliphatic rings. The van der Waals surface area contributed by atoms with E-state index in [0.29, 0.717) is 43.5 Å². The van der Waals surface area contributed by atoms with Gasteiger partial charge in [-0.1, -0.05) is 12.1 Å². The van der Waals surface area contributed by atoms with E-state index in [1.807, 2.05) is 6.07 Å². The lowest BCUT2D eigenvalue weighted by Gasteiger charge is -2.22. The second kappa shape index (κ2) is 6.14. The molecule has 0 aliphatic carbocycles. The fourth-order valence-corrected chi connectivity index (χ4v) is 4.07. The number of benzene rings is 1. The molecular formula is C15H20N2O3S. The third-order valence-electron chi connectivity index (χ3n) is 3.85. The number of hydrogen-bond acceptors (Lipinski definition) is 4. The van der Waals surface area contributed by atoms with Gasteiger partial charge in [-0.15, -0.1) is 0 Å². The Morgan fingerprint density at radius 1 is 1.29 bits per heavy atom. The van der Waals surface area contributed by atoms with Gasteiger partial charge < -0.3 is 5.11 Å². The zero-order valence-corrected chi connectivity index (χ0v) is 12.9. The molecule has 1 fully saturated rings. The van der Waals surface area contributed by atoms with E-state index in [-0.39, 0.29) is 5.75 Å². The van der Waals surface area contributed by atoms with Crippen LogP contribution in [0.25, 0.3) is 0 Å². The number of nitriles is 1. The van der Waals surface area contributed by atoms with Gasteiger partial charge in [0.1, 0.15) is 0 Å². The Bertz CT molecular complexity index is 630. The van der Waals surface area contributed by atoms with Gasteiger partial charge in [-0.2, -0.15) is 5.26 Å². The Morgan fingerprint density at radius 3 is 2.57 bits per heavy atom. The SMILES string of the molecule is CC1(O)CCCN(S(=O)(=O)Cc2ccc(C#N)cc2)CC1. The van der Waals surface area contributed by atoms with Gasteiger partial charge in [0.2, 0.25) is 10.0 Å². The predicted molar refractivity (Wildman–Crippen MR) is 79.8 cm³/mol. The van der Waals surface area contributed by atoms with Crippen LogP contribution >= 0.6 is 0 Å². The third-order valence-corrected chi connectivity index (χ3v) is 5.70. The van der Waals surface area contributed by atoms with Crippen LogP contribution in [-0.2, 0) is 15.8 Å². The maximum atomic E-state index is 12.5. The summed E-state index contributed by atoms with van der Waals surface area (Å²) < 4.78 is 26.4. The molecule has 21 heavy (non-hydrogen) atoms. The number of nitrogens with zero attached hydrogens (tertiary/aromatic N) is 2. The van der Waals surface area contributed by atoms with Crippen LogP contribution in [0.2, 0.25) is 0 Å². The first-order valence-corrected chi connectivity index (χ1v) is 8.63. The minimum Gasteiger partial charge on any atom is -0.390 e. The quantitative estimate of drug-likeness (QED) is 0.920. The lowest BCUT2D eigenvalue weighted by atomic mass is 9.98. The van der Waals surface area contributed by atoms with Crippen LogP contribution in [0.15, 0.2) is 24.3 Å². The minimum absolute atomic E-state index is 0.0686. The maximum absolute atomic E-state index is 12.5. The van der Waals surface area contributed by atoms with Gasteiger partial charge in [0.15, 0.2) is 0 Å². The van der Waals surface area contributed by atoms with E-state index >= 15 is 0 Å². The van der Waals surface area contributed by atoms with Crippen LogP contribution in [0.5, 0.6) is 0 Å². The van der Waals surface area contributed by atoms with Crippen LogP contribution in [0.3, 0.4) is 0 Å². The van der Waals surface area contributed by atoms with Gasteiger partial charge in [-0.05, 0) is 43.9 Å². The first-order valence-electron chi connectivity index (χ1n) is 7.02. The molecule has 2 rings (SSSR count). The van der Waals surface area contributed by atoms with E-state index in [1.165, 1.54) is 4.31 Å². The van der Waals surface area contributed by atoms with Crippen molar-refractivity contribution in [3.63, 3.8) is 0 Å². The van der Waals surface area contributed by atoms with Gasteiger partial charge in [-0.3, -0.25) is 0 Å². The molecule has 1 saturated heterocycles. The molecule has 1 unspecified atom stereocenters. The predicted octanol–water partition coefficient (Wildman–Crippen LogP) is 1.62. The fourth-order valence-electron chi connectivity index (χ4n) is 2.49. The Hall–Kier alpha value is -1.42. The highest BCUT2D eigenvalue weighted by Crippen LogP contribution is 2.24. The molecule has 1 atom stereocenters. The average molecular weight is 308 g/mol. The molecular weight excluding hydrogens is 288 g/mol. The van der Waals surface area contributed by atoms with Crippen molar-refractivity contribution in [2.75, 3.05) is 13.1 Å². The van der Waals surface area contributed by atoms with E-state index in [2.05, 4.69) is 0 Å². The van der Waals surface area contributed by atoms with Gasteiger partial charge in [0.25, 0.3) is 0 Å². The van der Waals surface area contributed by atoms with E-state index < -0.39 is 15.6 Å². The van der Waals surface area contributed by atoms with Crippen molar-refractivity contribution in [2.45, 2.75) is 37.5 Å². The first-order chi connectivity index (χ1) is 9.82. The monoisotopic (exact) mass is 308 g/mol. The maximum Gasteiger partial charge on any atom is 0.218 e. The van der Waals surface area contributed by atoms with Gasteiger partial charge in [0, 0.05) is 13.1 Å². The Balaban J connectivity index is 2.09. The van der Waals surface area contributed by atoms with Gasteiger partial charge in [-0.25, -0.2) is 12.7 Å². The van der Waals surface area contributed by atoms with E-state index in [1.54, 1.807) is 31.2 Å². The Labute approximate surface area is 125 Å². The molecule has 0 radical (unpaired) electrons. The summed E-state index contributed by atoms with van der Waals surface area (Å²) in [6, 6.07) is 8.60. The summed E-state index contributed by atoms with van der Waals surface area (Å²) in [5.41, 5.74) is 0.408. The average Bonchev–Trinajstić information content (AvgIpc) is 2.60. The normalized spacial score (nSPS) is 24.2. The Morgan fingerprint density at radius 2 is 1.95 bits per heavy atom. The summed E-state index contributed by atoms with van der Waals surface area (Å²) in [6.45, 7) is 2.56. The van der Waals surface area contributed by atoms with Crippen molar-refractivity contribution in [2.24, 2.45) is 0 Å². The molecule has 0 spiro atoms. The molecule has 0 amide bonds. The zero-order valence-electron chi connectivity index (χ0n) is 12.1. The lowest BCUT2D eigenvalue weighted by molar-refractivity contribution is 0.0465. The van der Waals surface area contributed by atoms with Crippen LogP contribution in [0, 0.1) is 11.3 Å². The summed E-state index contributed by atoms with van der Waals surface area (Å²) in [4.78, 5) is 0. The molecule has 1 aromatic rings. The molecule has 1 aliphatic heterocycles. The third kappa shape index (κ3) is 4.27. The molecule has 5 nitrogen and oxygen atoms in total. The van der Waals surface area contributed by atoms with Crippen molar-refractivity contribution < 1.29 is 13.5 Å². The summed E-state index contributed by atoms with van der Waals surface area (Å²) in [5.74, 6) is -0.0686. The van der Waals surface area contributed by atoms with Crippen molar-refractivity contribution in [1.82, 2.24) is 4.31 Å². The summed E-state index contributed by atoms with van der Waals surface area (Å²) >= 11 is 0. The number of sulfonamides is 1. The molecule has 114 valence electrons. The van der Waals surface area contributed by atoms with Crippen LogP contribution < -0.4 is 0 Å². The van der Waals surface area contributed by atoms with Crippen LogP contribution in [-0.4, -0.2) is 36.5 Å². The molecule has 0 bridgehead atoms. The van der Waals surface area contributed by atoms with Crippen molar-refractivity contribution in [1.29, 1.82) is 5.26 Å². The summed E-state index contributed by atoms with van der Waals surface area (Å²) in [7, 11) is -3.39. The number of rotatable bonds is 3. The van der Waals surface area contributed by atoms with Gasteiger partial charge in [0.05, 0.1) is 23.0 Å². The largest absolute Gasteiger partial charge is 0.390 e. The van der Waals surface area contributed by atoms with Crippen LogP contribution in [0.4, 0.5) is 0 Å². The number of hydrogen-bond donors (Lipinski definition) is 1. The van der Waals surface area contributed by atoms with E-state index in [4.69, 9.17) is 5.26 Å². The fraction of sp³-hybridized carbons (Fsp3) is 0.533. The second-order valence-electron chi connectivity index (χ2n) is 5.81. The summed E-state index contributed by atoms with van der Waals surface area (Å²) in [5, 5.41) is 18.8. The highest BCUT2D eigenvalue weighted by molar-refractivity contribution is 7.88. The van der Waals surface area contributed by atoms with Crippen molar-refractivity contribution >= 4 is 10.0 Å². The highest BCUT2D eigenvalue weighted by atomic mass is 32.2. The van der Waals surface area contributed by atoms with Gasteiger partial charge >= 0.3 is 0 Å². The topological polar surface area (TPSA) is 81.4 Å². The zero-order chi connectivity index (χ0) is 15.5. The molecule has 1 N–H and O–H groups in total. The number of aliphatic hydroxyl groups is 1. The first kappa shape index (κ1) is 16.0. The molecule has 0 aromatic heterocycles. The van der Waals surface area contributed by atoms with Crippen molar-refractivity contribution in [3.8, 4) is 6.07 Å². The van der Waals surface area contributed by atoms with E-state index in [0.717, 1.165) is 0 Å². The molecule has 1 aromatic carbocycles. The molecule has 6 heteroatoms. The lowest BCUT2D eigenvalue weighted by Crippen LogP contribution is -2.34. The standard InChI is InChI=1S/C15H20N2O3S/c1-15(18)7-2-9-17(10-8-15)21(19,20)12-14-5-3-13(11-16)4-6-14/h3-6,18H,2,7-10,12H2,1H3. The molecule has 0 saturated carbocycles. The van der Waals surface area contributed by atoms with Crippen molar-refractivity contribution in [3.05, 3.63) is 35.4 Å². The van der Waals surface area contributed by atoms with Crippen LogP contribution in [0.1, 0.15) is 37.3 Å². The van der Waals surface area contributed by atoms with E-state index in [9.17, 15) is 13.5 Å². The highest BCUT2D eigenvalue weighted by Gasteiger charge is 2.30. The Kier molecular flexibility index (Phi) is 4.67. The molecule has 1 heterocycles. The second-order valence-corrected chi connectivity index (χ2v) is 7.78. The summed E-state index contributed by atoms with van der Waals surface area (Å²) in [6.07, 6.45) is 1.75.